The predicted octanol–water partition coefficient (Wildman–Crippen LogP) is 5.42. The summed E-state index contributed by atoms with van der Waals surface area (Å²) in [4.78, 5) is 11.4. The lowest BCUT2D eigenvalue weighted by atomic mass is 9.91. The molecule has 0 spiro atoms. The standard InChI is InChI=1S/C25H30F3N5O/c1-16-8-9-17(22(14-16)34-25(26,27)28)15-29-18-10-12-19(13-11-18)30-24-31-21-7-5-4-6-20(21)23(32-24)33(2)3/h4-9,14,18-19,29H,10-13,15H2,1-3H3,(H,30,31,32). The van der Waals surface area contributed by atoms with Crippen molar-refractivity contribution in [3.63, 3.8) is 0 Å². The summed E-state index contributed by atoms with van der Waals surface area (Å²) in [7, 11) is 3.93. The topological polar surface area (TPSA) is 62.3 Å². The summed E-state index contributed by atoms with van der Waals surface area (Å²) in [6.45, 7) is 2.07. The molecule has 4 rings (SSSR count). The molecule has 0 radical (unpaired) electrons. The maximum atomic E-state index is 12.8. The van der Waals surface area contributed by atoms with Crippen LogP contribution in [0, 0.1) is 6.92 Å². The van der Waals surface area contributed by atoms with E-state index in [0.717, 1.165) is 48.0 Å². The minimum Gasteiger partial charge on any atom is -0.405 e. The molecule has 0 bridgehead atoms. The van der Waals surface area contributed by atoms with Crippen molar-refractivity contribution in [2.45, 2.75) is 57.6 Å². The lowest BCUT2D eigenvalue weighted by Gasteiger charge is -2.30. The van der Waals surface area contributed by atoms with Crippen molar-refractivity contribution in [2.75, 3.05) is 24.3 Å². The number of aryl methyl sites for hydroxylation is 1. The van der Waals surface area contributed by atoms with Gasteiger partial charge in [0.1, 0.15) is 11.6 Å². The highest BCUT2D eigenvalue weighted by atomic mass is 19.4. The van der Waals surface area contributed by atoms with Gasteiger partial charge in [-0.05, 0) is 56.4 Å². The first-order chi connectivity index (χ1) is 16.2. The van der Waals surface area contributed by atoms with Crippen LogP contribution >= 0.6 is 0 Å². The SMILES string of the molecule is Cc1ccc(CNC2CCC(Nc3nc(N(C)C)c4ccccc4n3)CC2)c(OC(F)(F)F)c1. The van der Waals surface area contributed by atoms with Crippen LogP contribution in [0.15, 0.2) is 42.5 Å². The van der Waals surface area contributed by atoms with Crippen LogP contribution in [0.25, 0.3) is 10.9 Å². The Hall–Kier alpha value is -3.07. The van der Waals surface area contributed by atoms with E-state index in [1.165, 1.54) is 6.07 Å². The van der Waals surface area contributed by atoms with E-state index in [2.05, 4.69) is 20.4 Å². The van der Waals surface area contributed by atoms with E-state index in [-0.39, 0.29) is 17.8 Å². The van der Waals surface area contributed by atoms with Gasteiger partial charge in [0, 0.05) is 43.7 Å². The summed E-state index contributed by atoms with van der Waals surface area (Å²) in [6.07, 6.45) is -1.04. The first-order valence-electron chi connectivity index (χ1n) is 11.5. The fourth-order valence-electron chi connectivity index (χ4n) is 4.37. The first kappa shape index (κ1) is 24.1. The largest absolute Gasteiger partial charge is 0.573 e. The molecule has 0 amide bonds. The molecule has 1 heterocycles. The van der Waals surface area contributed by atoms with Gasteiger partial charge in [0.2, 0.25) is 5.95 Å². The molecule has 2 aromatic carbocycles. The Morgan fingerprint density at radius 2 is 1.71 bits per heavy atom. The zero-order valence-electron chi connectivity index (χ0n) is 19.6. The molecule has 0 aliphatic heterocycles. The Labute approximate surface area is 197 Å². The average Bonchev–Trinajstić information content (AvgIpc) is 2.78. The lowest BCUT2D eigenvalue weighted by Crippen LogP contribution is -2.37. The minimum absolute atomic E-state index is 0.138. The number of rotatable bonds is 7. The second-order valence-electron chi connectivity index (χ2n) is 9.02. The zero-order chi connectivity index (χ0) is 24.3. The van der Waals surface area contributed by atoms with E-state index >= 15 is 0 Å². The number of hydrogen-bond acceptors (Lipinski definition) is 6. The van der Waals surface area contributed by atoms with Crippen LogP contribution in [0.1, 0.15) is 36.8 Å². The molecule has 9 heteroatoms. The van der Waals surface area contributed by atoms with Gasteiger partial charge < -0.3 is 20.3 Å². The molecule has 182 valence electrons. The Balaban J connectivity index is 1.34. The van der Waals surface area contributed by atoms with Crippen molar-refractivity contribution in [2.24, 2.45) is 0 Å². The van der Waals surface area contributed by atoms with E-state index in [9.17, 15) is 13.2 Å². The van der Waals surface area contributed by atoms with Crippen LogP contribution in [0.2, 0.25) is 0 Å². The highest BCUT2D eigenvalue weighted by Crippen LogP contribution is 2.29. The number of benzene rings is 2. The van der Waals surface area contributed by atoms with Crippen molar-refractivity contribution >= 4 is 22.7 Å². The number of aromatic nitrogens is 2. The van der Waals surface area contributed by atoms with Crippen LogP contribution in [0.5, 0.6) is 5.75 Å². The van der Waals surface area contributed by atoms with Gasteiger partial charge in [-0.3, -0.25) is 0 Å². The van der Waals surface area contributed by atoms with Crippen LogP contribution in [-0.2, 0) is 6.54 Å². The first-order valence-corrected chi connectivity index (χ1v) is 11.5. The third-order valence-corrected chi connectivity index (χ3v) is 6.10. The molecule has 1 aromatic heterocycles. The van der Waals surface area contributed by atoms with Crippen LogP contribution in [-0.4, -0.2) is 42.5 Å². The second kappa shape index (κ2) is 10.0. The van der Waals surface area contributed by atoms with Crippen molar-refractivity contribution in [3.05, 3.63) is 53.6 Å². The van der Waals surface area contributed by atoms with Crippen molar-refractivity contribution in [1.29, 1.82) is 0 Å². The second-order valence-corrected chi connectivity index (χ2v) is 9.02. The number of para-hydroxylation sites is 1. The summed E-state index contributed by atoms with van der Waals surface area (Å²) in [5.41, 5.74) is 2.13. The normalized spacial score (nSPS) is 18.6. The van der Waals surface area contributed by atoms with Gasteiger partial charge in [-0.15, -0.1) is 13.2 Å². The van der Waals surface area contributed by atoms with Gasteiger partial charge in [-0.2, -0.15) is 4.98 Å². The van der Waals surface area contributed by atoms with Crippen molar-refractivity contribution in [3.8, 4) is 5.75 Å². The molecule has 6 nitrogen and oxygen atoms in total. The van der Waals surface area contributed by atoms with E-state index < -0.39 is 6.36 Å². The minimum atomic E-state index is -4.70. The molecule has 1 aliphatic rings. The summed E-state index contributed by atoms with van der Waals surface area (Å²) in [5.74, 6) is 1.35. The van der Waals surface area contributed by atoms with E-state index in [0.29, 0.717) is 18.1 Å². The van der Waals surface area contributed by atoms with Crippen LogP contribution in [0.3, 0.4) is 0 Å². The van der Waals surface area contributed by atoms with Crippen molar-refractivity contribution in [1.82, 2.24) is 15.3 Å². The number of anilines is 2. The maximum Gasteiger partial charge on any atom is 0.573 e. The fraction of sp³-hybridized carbons (Fsp3) is 0.440. The number of nitrogens with zero attached hydrogens (tertiary/aromatic N) is 3. The van der Waals surface area contributed by atoms with Gasteiger partial charge in [0.05, 0.1) is 5.52 Å². The molecular formula is C25H30F3N5O. The average molecular weight is 474 g/mol. The Kier molecular flexibility index (Phi) is 7.11. The Morgan fingerprint density at radius 1 is 1.00 bits per heavy atom. The summed E-state index contributed by atoms with van der Waals surface area (Å²) in [5, 5.41) is 7.90. The molecule has 1 aliphatic carbocycles. The number of nitrogens with one attached hydrogen (secondary N) is 2. The van der Waals surface area contributed by atoms with Gasteiger partial charge in [0.15, 0.2) is 0 Å². The molecule has 0 saturated heterocycles. The lowest BCUT2D eigenvalue weighted by molar-refractivity contribution is -0.274. The number of ether oxygens (including phenoxy) is 1. The Bertz CT molecular complexity index is 1130. The summed E-state index contributed by atoms with van der Waals surface area (Å²) in [6, 6.07) is 13.3. The third-order valence-electron chi connectivity index (χ3n) is 6.10. The molecule has 1 fully saturated rings. The summed E-state index contributed by atoms with van der Waals surface area (Å²) >= 11 is 0. The van der Waals surface area contributed by atoms with E-state index in [1.54, 1.807) is 19.1 Å². The molecule has 3 aromatic rings. The number of fused-ring (bicyclic) bond motifs is 1. The number of alkyl halides is 3. The van der Waals surface area contributed by atoms with Crippen molar-refractivity contribution < 1.29 is 17.9 Å². The van der Waals surface area contributed by atoms with Gasteiger partial charge >= 0.3 is 6.36 Å². The molecule has 0 atom stereocenters. The fourth-order valence-corrected chi connectivity index (χ4v) is 4.37. The Morgan fingerprint density at radius 3 is 2.41 bits per heavy atom. The summed E-state index contributed by atoms with van der Waals surface area (Å²) < 4.78 is 42.5. The molecule has 34 heavy (non-hydrogen) atoms. The predicted molar refractivity (Wildman–Crippen MR) is 128 cm³/mol. The van der Waals surface area contributed by atoms with Crippen LogP contribution < -0.4 is 20.3 Å². The third kappa shape index (κ3) is 6.08. The highest BCUT2D eigenvalue weighted by Gasteiger charge is 2.32. The van der Waals surface area contributed by atoms with Crippen LogP contribution in [0.4, 0.5) is 24.9 Å². The number of halogens is 3. The molecule has 2 N–H and O–H groups in total. The molecule has 0 unspecified atom stereocenters. The molecular weight excluding hydrogens is 443 g/mol. The molecule has 1 saturated carbocycles. The maximum absolute atomic E-state index is 12.8. The quantitative estimate of drug-likeness (QED) is 0.478. The van der Waals surface area contributed by atoms with Gasteiger partial charge in [-0.25, -0.2) is 4.98 Å². The van der Waals surface area contributed by atoms with E-state index in [4.69, 9.17) is 4.98 Å². The smallest absolute Gasteiger partial charge is 0.405 e. The monoisotopic (exact) mass is 473 g/mol. The number of hydrogen-bond donors (Lipinski definition) is 2. The van der Waals surface area contributed by atoms with Gasteiger partial charge in [0.25, 0.3) is 0 Å². The van der Waals surface area contributed by atoms with E-state index in [1.807, 2.05) is 43.3 Å². The highest BCUT2D eigenvalue weighted by molar-refractivity contribution is 5.90. The van der Waals surface area contributed by atoms with Gasteiger partial charge in [-0.1, -0.05) is 24.3 Å². The zero-order valence-corrected chi connectivity index (χ0v) is 19.6.